The molecule has 0 aliphatic rings. The van der Waals surface area contributed by atoms with Gasteiger partial charge in [0.05, 0.1) is 17.9 Å². The fourth-order valence-electron chi connectivity index (χ4n) is 3.27. The lowest BCUT2D eigenvalue weighted by Crippen LogP contribution is -2.37. The van der Waals surface area contributed by atoms with E-state index in [2.05, 4.69) is 64.0 Å². The van der Waals surface area contributed by atoms with Gasteiger partial charge in [0.2, 0.25) is 0 Å². The zero-order valence-corrected chi connectivity index (χ0v) is 20.2. The Morgan fingerprint density at radius 3 is 2.57 bits per heavy atom. The zero-order valence-electron chi connectivity index (χ0n) is 17.8. The molecule has 0 unspecified atom stereocenters. The second-order valence-electron chi connectivity index (χ2n) is 6.95. The maximum Gasteiger partial charge on any atom is 0.191 e. The molecule has 30 heavy (non-hydrogen) atoms. The molecule has 8 heteroatoms. The quantitative estimate of drug-likeness (QED) is 0.249. The van der Waals surface area contributed by atoms with Gasteiger partial charge in [-0.1, -0.05) is 31.1 Å². The molecule has 2 N–H and O–H groups in total. The molecule has 0 aliphatic heterocycles. The van der Waals surface area contributed by atoms with E-state index < -0.39 is 0 Å². The van der Waals surface area contributed by atoms with E-state index in [1.807, 2.05) is 23.0 Å². The number of aromatic nitrogens is 3. The third kappa shape index (κ3) is 6.58. The Hall–Kier alpha value is -2.36. The summed E-state index contributed by atoms with van der Waals surface area (Å²) in [5, 5.41) is 15.1. The summed E-state index contributed by atoms with van der Waals surface area (Å²) in [6.45, 7) is 5.70. The van der Waals surface area contributed by atoms with Crippen LogP contribution in [-0.4, -0.2) is 34.5 Å². The van der Waals surface area contributed by atoms with E-state index in [0.29, 0.717) is 12.5 Å². The Kier molecular flexibility index (Phi) is 9.85. The van der Waals surface area contributed by atoms with Gasteiger partial charge in [0.25, 0.3) is 0 Å². The van der Waals surface area contributed by atoms with Crippen molar-refractivity contribution in [2.24, 2.45) is 4.99 Å². The lowest BCUT2D eigenvalue weighted by Gasteiger charge is -2.11. The number of nitrogens with one attached hydrogen (secondary N) is 2. The molecule has 3 aromatic rings. The first kappa shape index (κ1) is 23.9. The van der Waals surface area contributed by atoms with Gasteiger partial charge in [-0.3, -0.25) is 4.99 Å². The summed E-state index contributed by atoms with van der Waals surface area (Å²) in [5.74, 6) is 2.03. The van der Waals surface area contributed by atoms with Crippen LogP contribution in [0.25, 0.3) is 5.69 Å². The molecule has 162 valence electrons. The summed E-state index contributed by atoms with van der Waals surface area (Å²) in [6, 6.07) is 12.4. The standard InChI is InChI=1S/C22H30N6O.HI/c1-4-18(5-2)21-15-20(29-27-21)16-25-22(23-3)24-13-11-17-7-9-19(10-8-17)28-14-6-12-26-28;/h6-10,12,14-15,18H,4-5,11,13,16H2,1-3H3,(H2,23,24,25);1H. The van der Waals surface area contributed by atoms with E-state index in [4.69, 9.17) is 4.52 Å². The van der Waals surface area contributed by atoms with Gasteiger partial charge in [-0.2, -0.15) is 5.10 Å². The van der Waals surface area contributed by atoms with Gasteiger partial charge in [-0.15, -0.1) is 24.0 Å². The highest BCUT2D eigenvalue weighted by atomic mass is 127. The Morgan fingerprint density at radius 2 is 1.93 bits per heavy atom. The predicted octanol–water partition coefficient (Wildman–Crippen LogP) is 4.29. The summed E-state index contributed by atoms with van der Waals surface area (Å²) in [4.78, 5) is 4.28. The minimum atomic E-state index is 0. The molecular formula is C22H31IN6O. The van der Waals surface area contributed by atoms with Crippen LogP contribution in [0.5, 0.6) is 0 Å². The molecule has 3 rings (SSSR count). The fraction of sp³-hybridized carbons (Fsp3) is 0.409. The van der Waals surface area contributed by atoms with Crippen molar-refractivity contribution in [2.45, 2.75) is 45.6 Å². The zero-order chi connectivity index (χ0) is 20.5. The highest BCUT2D eigenvalue weighted by Crippen LogP contribution is 2.22. The Bertz CT molecular complexity index is 885. The number of hydrogen-bond acceptors (Lipinski definition) is 4. The SMILES string of the molecule is CCC(CC)c1cc(CNC(=NC)NCCc2ccc(-n3cccn3)cc2)on1.I. The normalized spacial score (nSPS) is 11.4. The molecule has 0 saturated heterocycles. The van der Waals surface area contributed by atoms with Crippen LogP contribution in [0.4, 0.5) is 0 Å². The average Bonchev–Trinajstić information content (AvgIpc) is 3.45. The van der Waals surface area contributed by atoms with Crippen LogP contribution >= 0.6 is 24.0 Å². The van der Waals surface area contributed by atoms with Gasteiger partial charge >= 0.3 is 0 Å². The smallest absolute Gasteiger partial charge is 0.191 e. The van der Waals surface area contributed by atoms with Gasteiger partial charge in [0.1, 0.15) is 0 Å². The Morgan fingerprint density at radius 1 is 1.17 bits per heavy atom. The van der Waals surface area contributed by atoms with Crippen molar-refractivity contribution in [3.8, 4) is 5.69 Å². The summed E-state index contributed by atoms with van der Waals surface area (Å²) in [7, 11) is 1.77. The van der Waals surface area contributed by atoms with Crippen LogP contribution in [0.3, 0.4) is 0 Å². The van der Waals surface area contributed by atoms with Crippen molar-refractivity contribution in [2.75, 3.05) is 13.6 Å². The fourth-order valence-corrected chi connectivity index (χ4v) is 3.27. The first-order valence-corrected chi connectivity index (χ1v) is 10.2. The second kappa shape index (κ2) is 12.4. The molecule has 0 radical (unpaired) electrons. The van der Waals surface area contributed by atoms with Crippen LogP contribution < -0.4 is 10.6 Å². The average molecular weight is 522 g/mol. The van der Waals surface area contributed by atoms with Crippen LogP contribution in [0.15, 0.2) is 58.3 Å². The number of hydrogen-bond donors (Lipinski definition) is 2. The number of rotatable bonds is 9. The van der Waals surface area contributed by atoms with Crippen molar-refractivity contribution < 1.29 is 4.52 Å². The van der Waals surface area contributed by atoms with E-state index in [1.165, 1.54) is 5.56 Å². The summed E-state index contributed by atoms with van der Waals surface area (Å²) < 4.78 is 7.31. The molecule has 2 aromatic heterocycles. The van der Waals surface area contributed by atoms with E-state index in [9.17, 15) is 0 Å². The molecule has 0 fully saturated rings. The van der Waals surface area contributed by atoms with Crippen molar-refractivity contribution in [3.05, 3.63) is 65.8 Å². The Labute approximate surface area is 195 Å². The number of guanidine groups is 1. The number of aliphatic imine (C=N–C) groups is 1. The molecule has 0 aliphatic carbocycles. The summed E-state index contributed by atoms with van der Waals surface area (Å²) in [5.41, 5.74) is 3.35. The van der Waals surface area contributed by atoms with Crippen LogP contribution in [0, 0.1) is 0 Å². The highest BCUT2D eigenvalue weighted by Gasteiger charge is 2.13. The van der Waals surface area contributed by atoms with E-state index in [-0.39, 0.29) is 24.0 Å². The van der Waals surface area contributed by atoms with E-state index >= 15 is 0 Å². The molecule has 0 amide bonds. The third-order valence-electron chi connectivity index (χ3n) is 5.05. The predicted molar refractivity (Wildman–Crippen MR) is 131 cm³/mol. The van der Waals surface area contributed by atoms with Gasteiger partial charge < -0.3 is 15.2 Å². The molecule has 7 nitrogen and oxygen atoms in total. The molecule has 0 saturated carbocycles. The molecule has 0 atom stereocenters. The maximum atomic E-state index is 5.46. The minimum absolute atomic E-state index is 0. The summed E-state index contributed by atoms with van der Waals surface area (Å²) >= 11 is 0. The van der Waals surface area contributed by atoms with Crippen molar-refractivity contribution in [1.82, 2.24) is 25.6 Å². The van der Waals surface area contributed by atoms with E-state index in [1.54, 1.807) is 13.2 Å². The molecule has 0 spiro atoms. The topological polar surface area (TPSA) is 80.3 Å². The van der Waals surface area contributed by atoms with Crippen LogP contribution in [0.2, 0.25) is 0 Å². The van der Waals surface area contributed by atoms with Gasteiger partial charge in [-0.05, 0) is 43.0 Å². The largest absolute Gasteiger partial charge is 0.359 e. The van der Waals surface area contributed by atoms with E-state index in [0.717, 1.165) is 48.9 Å². The lowest BCUT2D eigenvalue weighted by atomic mass is 9.99. The van der Waals surface area contributed by atoms with Gasteiger partial charge in [-0.25, -0.2) is 4.68 Å². The minimum Gasteiger partial charge on any atom is -0.359 e. The van der Waals surface area contributed by atoms with Crippen LogP contribution in [0.1, 0.15) is 49.6 Å². The lowest BCUT2D eigenvalue weighted by molar-refractivity contribution is 0.368. The second-order valence-corrected chi connectivity index (χ2v) is 6.95. The molecule has 1 aromatic carbocycles. The molecule has 2 heterocycles. The molecular weight excluding hydrogens is 491 g/mol. The monoisotopic (exact) mass is 522 g/mol. The highest BCUT2D eigenvalue weighted by molar-refractivity contribution is 14.0. The first-order valence-electron chi connectivity index (χ1n) is 10.2. The molecule has 0 bridgehead atoms. The van der Waals surface area contributed by atoms with Gasteiger partial charge in [0.15, 0.2) is 11.7 Å². The number of nitrogens with zero attached hydrogens (tertiary/aromatic N) is 4. The van der Waals surface area contributed by atoms with Crippen molar-refractivity contribution >= 4 is 29.9 Å². The number of benzene rings is 1. The summed E-state index contributed by atoms with van der Waals surface area (Å²) in [6.07, 6.45) is 6.77. The van der Waals surface area contributed by atoms with Crippen molar-refractivity contribution in [1.29, 1.82) is 0 Å². The Balaban J connectivity index is 0.00000320. The first-order chi connectivity index (χ1) is 14.2. The number of halogens is 1. The maximum absolute atomic E-state index is 5.46. The van der Waals surface area contributed by atoms with Gasteiger partial charge in [0, 0.05) is 38.0 Å². The van der Waals surface area contributed by atoms with Crippen LogP contribution in [-0.2, 0) is 13.0 Å². The van der Waals surface area contributed by atoms with Crippen molar-refractivity contribution in [3.63, 3.8) is 0 Å². The third-order valence-corrected chi connectivity index (χ3v) is 5.05.